The van der Waals surface area contributed by atoms with Crippen molar-refractivity contribution in [1.29, 1.82) is 0 Å². The third-order valence-corrected chi connectivity index (χ3v) is 5.37. The van der Waals surface area contributed by atoms with Crippen LogP contribution in [-0.4, -0.2) is 38.6 Å². The van der Waals surface area contributed by atoms with Gasteiger partial charge in [0.05, 0.1) is 10.5 Å². The van der Waals surface area contributed by atoms with Crippen molar-refractivity contribution >= 4 is 16.0 Å². The lowest BCUT2D eigenvalue weighted by molar-refractivity contribution is 0.0696. The van der Waals surface area contributed by atoms with Crippen LogP contribution in [0.25, 0.3) is 0 Å². The van der Waals surface area contributed by atoms with E-state index in [1.165, 1.54) is 6.07 Å². The van der Waals surface area contributed by atoms with Gasteiger partial charge in [0.25, 0.3) is 0 Å². The molecule has 7 heteroatoms. The van der Waals surface area contributed by atoms with Crippen molar-refractivity contribution in [2.45, 2.75) is 37.6 Å². The van der Waals surface area contributed by atoms with E-state index in [0.29, 0.717) is 11.1 Å². The van der Waals surface area contributed by atoms with Crippen LogP contribution in [0.3, 0.4) is 0 Å². The molecule has 2 rings (SSSR count). The minimum absolute atomic E-state index is 0.0197. The molecule has 0 unspecified atom stereocenters. The smallest absolute Gasteiger partial charge is 0.335 e. The maximum absolute atomic E-state index is 12.5. The van der Waals surface area contributed by atoms with Gasteiger partial charge in [0.15, 0.2) is 0 Å². The van der Waals surface area contributed by atoms with E-state index in [1.54, 1.807) is 19.9 Å². The van der Waals surface area contributed by atoms with Crippen LogP contribution in [0, 0.1) is 13.8 Å². The van der Waals surface area contributed by atoms with E-state index in [0.717, 1.165) is 25.9 Å². The van der Waals surface area contributed by atoms with Gasteiger partial charge in [0.2, 0.25) is 10.0 Å². The molecule has 3 N–H and O–H groups in total. The largest absolute Gasteiger partial charge is 0.478 e. The number of piperidine rings is 1. The third kappa shape index (κ3) is 3.61. The van der Waals surface area contributed by atoms with E-state index < -0.39 is 16.0 Å². The molecule has 0 atom stereocenters. The average molecular weight is 312 g/mol. The van der Waals surface area contributed by atoms with Crippen LogP contribution in [-0.2, 0) is 10.0 Å². The molecule has 1 aromatic rings. The van der Waals surface area contributed by atoms with Crippen molar-refractivity contribution in [3.63, 3.8) is 0 Å². The SMILES string of the molecule is Cc1cc(C)c(S(=O)(=O)NC2CCNCC2)cc1C(=O)O. The van der Waals surface area contributed by atoms with Gasteiger partial charge in [-0.05, 0) is 57.0 Å². The van der Waals surface area contributed by atoms with E-state index in [4.69, 9.17) is 5.11 Å². The number of carboxylic acids is 1. The normalized spacial score (nSPS) is 16.9. The molecule has 1 heterocycles. The van der Waals surface area contributed by atoms with Crippen molar-refractivity contribution in [2.24, 2.45) is 0 Å². The molecular formula is C14H20N2O4S. The molecule has 6 nitrogen and oxygen atoms in total. The van der Waals surface area contributed by atoms with Gasteiger partial charge in [-0.2, -0.15) is 0 Å². The summed E-state index contributed by atoms with van der Waals surface area (Å²) in [4.78, 5) is 11.2. The lowest BCUT2D eigenvalue weighted by atomic mass is 10.1. The summed E-state index contributed by atoms with van der Waals surface area (Å²) in [5, 5.41) is 12.3. The Kier molecular flexibility index (Phi) is 4.65. The summed E-state index contributed by atoms with van der Waals surface area (Å²) in [6, 6.07) is 2.74. The molecule has 0 aromatic heterocycles. The predicted molar refractivity (Wildman–Crippen MR) is 79.1 cm³/mol. The Morgan fingerprint density at radius 2 is 1.86 bits per heavy atom. The minimum Gasteiger partial charge on any atom is -0.478 e. The molecular weight excluding hydrogens is 292 g/mol. The number of rotatable bonds is 4. The van der Waals surface area contributed by atoms with Crippen LogP contribution in [0.2, 0.25) is 0 Å². The molecule has 1 fully saturated rings. The van der Waals surface area contributed by atoms with Crippen LogP contribution in [0.5, 0.6) is 0 Å². The van der Waals surface area contributed by atoms with Crippen molar-refractivity contribution in [3.8, 4) is 0 Å². The van der Waals surface area contributed by atoms with Gasteiger partial charge in [0, 0.05) is 6.04 Å². The van der Waals surface area contributed by atoms with E-state index in [1.807, 2.05) is 0 Å². The highest BCUT2D eigenvalue weighted by molar-refractivity contribution is 7.89. The average Bonchev–Trinajstić information content (AvgIpc) is 2.38. The summed E-state index contributed by atoms with van der Waals surface area (Å²) in [6.07, 6.45) is 1.46. The Morgan fingerprint density at radius 3 is 2.43 bits per heavy atom. The number of sulfonamides is 1. The van der Waals surface area contributed by atoms with Gasteiger partial charge in [-0.1, -0.05) is 6.07 Å². The molecule has 0 saturated carbocycles. The molecule has 0 amide bonds. The lowest BCUT2D eigenvalue weighted by Gasteiger charge is -2.24. The molecule has 21 heavy (non-hydrogen) atoms. The number of aromatic carboxylic acids is 1. The number of benzene rings is 1. The summed E-state index contributed by atoms with van der Waals surface area (Å²) in [6.45, 7) is 4.89. The maximum atomic E-state index is 12.5. The van der Waals surface area contributed by atoms with Gasteiger partial charge in [0.1, 0.15) is 0 Å². The Labute approximate surface area is 124 Å². The van der Waals surface area contributed by atoms with Crippen LogP contribution in [0.1, 0.15) is 34.3 Å². The molecule has 1 aliphatic heterocycles. The van der Waals surface area contributed by atoms with Gasteiger partial charge in [-0.25, -0.2) is 17.9 Å². The fourth-order valence-corrected chi connectivity index (χ4v) is 4.13. The monoisotopic (exact) mass is 312 g/mol. The summed E-state index contributed by atoms with van der Waals surface area (Å²) in [5.74, 6) is -1.12. The van der Waals surface area contributed by atoms with E-state index in [-0.39, 0.29) is 16.5 Å². The fraction of sp³-hybridized carbons (Fsp3) is 0.500. The van der Waals surface area contributed by atoms with Crippen LogP contribution in [0.4, 0.5) is 0 Å². The highest BCUT2D eigenvalue weighted by Gasteiger charge is 2.24. The first-order chi connectivity index (χ1) is 9.81. The summed E-state index contributed by atoms with van der Waals surface area (Å²) >= 11 is 0. The Bertz CT molecular complexity index is 649. The van der Waals surface area contributed by atoms with Gasteiger partial charge >= 0.3 is 5.97 Å². The molecule has 0 radical (unpaired) electrons. The van der Waals surface area contributed by atoms with Crippen molar-refractivity contribution in [3.05, 3.63) is 28.8 Å². The predicted octanol–water partition coefficient (Wildman–Crippen LogP) is 1.03. The molecule has 0 bridgehead atoms. The van der Waals surface area contributed by atoms with E-state index in [2.05, 4.69) is 10.0 Å². The van der Waals surface area contributed by atoms with Crippen molar-refractivity contribution in [2.75, 3.05) is 13.1 Å². The highest BCUT2D eigenvalue weighted by atomic mass is 32.2. The van der Waals surface area contributed by atoms with Gasteiger partial charge < -0.3 is 10.4 Å². The van der Waals surface area contributed by atoms with Gasteiger partial charge in [-0.3, -0.25) is 0 Å². The Morgan fingerprint density at radius 1 is 1.24 bits per heavy atom. The number of aryl methyl sites for hydroxylation is 2. The van der Waals surface area contributed by atoms with Crippen molar-refractivity contribution in [1.82, 2.24) is 10.0 Å². The molecule has 1 saturated heterocycles. The molecule has 0 aliphatic carbocycles. The molecule has 1 aliphatic rings. The third-order valence-electron chi connectivity index (χ3n) is 3.70. The zero-order chi connectivity index (χ0) is 15.6. The van der Waals surface area contributed by atoms with Crippen LogP contribution in [0.15, 0.2) is 17.0 Å². The van der Waals surface area contributed by atoms with Gasteiger partial charge in [-0.15, -0.1) is 0 Å². The molecule has 0 spiro atoms. The van der Waals surface area contributed by atoms with E-state index in [9.17, 15) is 13.2 Å². The maximum Gasteiger partial charge on any atom is 0.335 e. The first-order valence-electron chi connectivity index (χ1n) is 6.89. The topological polar surface area (TPSA) is 95.5 Å². The zero-order valence-corrected chi connectivity index (χ0v) is 13.0. The minimum atomic E-state index is -3.70. The molecule has 116 valence electrons. The fourth-order valence-electron chi connectivity index (χ4n) is 2.58. The number of hydrogen-bond donors (Lipinski definition) is 3. The van der Waals surface area contributed by atoms with Crippen LogP contribution >= 0.6 is 0 Å². The van der Waals surface area contributed by atoms with Crippen molar-refractivity contribution < 1.29 is 18.3 Å². The zero-order valence-electron chi connectivity index (χ0n) is 12.1. The summed E-state index contributed by atoms with van der Waals surface area (Å²) in [5.41, 5.74) is 1.13. The summed E-state index contributed by atoms with van der Waals surface area (Å²) < 4.78 is 27.6. The first kappa shape index (κ1) is 15.9. The second-order valence-electron chi connectivity index (χ2n) is 5.38. The number of carbonyl (C=O) groups is 1. The number of carboxylic acid groups (broad SMARTS) is 1. The number of nitrogens with one attached hydrogen (secondary N) is 2. The van der Waals surface area contributed by atoms with Crippen LogP contribution < -0.4 is 10.0 Å². The lowest BCUT2D eigenvalue weighted by Crippen LogP contribution is -2.42. The van der Waals surface area contributed by atoms with E-state index >= 15 is 0 Å². The molecule has 1 aromatic carbocycles. The standard InChI is InChI=1S/C14H20N2O4S/c1-9-7-10(2)13(8-12(9)14(17)18)21(19,20)16-11-3-5-15-6-4-11/h7-8,11,15-16H,3-6H2,1-2H3,(H,17,18). The quantitative estimate of drug-likeness (QED) is 0.772. The second-order valence-corrected chi connectivity index (χ2v) is 7.07. The second kappa shape index (κ2) is 6.13. The highest BCUT2D eigenvalue weighted by Crippen LogP contribution is 2.21. The number of hydrogen-bond acceptors (Lipinski definition) is 4. The first-order valence-corrected chi connectivity index (χ1v) is 8.37. The summed E-state index contributed by atoms with van der Waals surface area (Å²) in [7, 11) is -3.70. The Hall–Kier alpha value is -1.44. The Balaban J connectivity index is 2.34.